The van der Waals surface area contributed by atoms with E-state index in [0.29, 0.717) is 27.2 Å². The summed E-state index contributed by atoms with van der Waals surface area (Å²) in [6.07, 6.45) is 0. The smallest absolute Gasteiger partial charge is 0.324 e. The van der Waals surface area contributed by atoms with Crippen LogP contribution in [-0.2, 0) is 0 Å². The minimum atomic E-state index is 0.364. The van der Waals surface area contributed by atoms with Crippen molar-refractivity contribution in [1.29, 1.82) is 0 Å². The average Bonchev–Trinajstić information content (AvgIpc) is 2.29. The number of fused-ring (bicyclic) bond motifs is 2. The molecular formula is C12H7ClNO2+. The molecular weight excluding hydrogens is 226 g/mol. The Labute approximate surface area is 95.5 Å². The van der Waals surface area contributed by atoms with E-state index in [1.54, 1.807) is 36.4 Å². The summed E-state index contributed by atoms with van der Waals surface area (Å²) >= 11 is 5.98. The van der Waals surface area contributed by atoms with Crippen molar-refractivity contribution >= 4 is 33.8 Å². The number of halogens is 1. The lowest BCUT2D eigenvalue weighted by molar-refractivity contribution is -0.433. The molecule has 0 bridgehead atoms. The molecule has 0 spiro atoms. The summed E-state index contributed by atoms with van der Waals surface area (Å²) in [4.78, 5) is 12.1. The van der Waals surface area contributed by atoms with Gasteiger partial charge in [0, 0.05) is 11.0 Å². The molecule has 0 aliphatic heterocycles. The molecule has 0 amide bonds. The third kappa shape index (κ3) is 1.22. The van der Waals surface area contributed by atoms with E-state index in [9.17, 15) is 4.91 Å². The van der Waals surface area contributed by atoms with Crippen molar-refractivity contribution in [1.82, 2.24) is 0 Å². The monoisotopic (exact) mass is 232 g/mol. The fourth-order valence-corrected chi connectivity index (χ4v) is 1.97. The summed E-state index contributed by atoms with van der Waals surface area (Å²) in [6, 6.07) is 12.2. The van der Waals surface area contributed by atoms with Crippen LogP contribution in [0.15, 0.2) is 46.9 Å². The van der Waals surface area contributed by atoms with Gasteiger partial charge in [0.2, 0.25) is 11.2 Å². The number of para-hydroxylation sites is 3. The Morgan fingerprint density at radius 3 is 2.62 bits per heavy atom. The maximum Gasteiger partial charge on any atom is 0.324 e. The fraction of sp³-hybridized carbons (Fsp3) is 0. The minimum Gasteiger partial charge on any atom is -0.443 e. The SMILES string of the molecule is O=[n+]1c2ccccc2oc2cccc(Cl)c21. The first kappa shape index (κ1) is 9.36. The Morgan fingerprint density at radius 1 is 1.00 bits per heavy atom. The number of benzene rings is 2. The van der Waals surface area contributed by atoms with Crippen LogP contribution in [0.3, 0.4) is 0 Å². The summed E-state index contributed by atoms with van der Waals surface area (Å²) in [7, 11) is 0. The lowest BCUT2D eigenvalue weighted by Crippen LogP contribution is -2.16. The van der Waals surface area contributed by atoms with Gasteiger partial charge in [0.05, 0.1) is 4.43 Å². The minimum absolute atomic E-state index is 0.364. The molecule has 0 aliphatic carbocycles. The van der Waals surface area contributed by atoms with Crippen LogP contribution in [-0.4, -0.2) is 0 Å². The van der Waals surface area contributed by atoms with Gasteiger partial charge in [0.25, 0.3) is 0 Å². The number of rotatable bonds is 0. The molecule has 3 nitrogen and oxygen atoms in total. The van der Waals surface area contributed by atoms with Gasteiger partial charge < -0.3 is 4.42 Å². The molecule has 0 saturated heterocycles. The van der Waals surface area contributed by atoms with Crippen LogP contribution < -0.4 is 4.43 Å². The van der Waals surface area contributed by atoms with Gasteiger partial charge in [-0.2, -0.15) is 0 Å². The molecule has 0 atom stereocenters. The van der Waals surface area contributed by atoms with Crippen LogP contribution in [0.2, 0.25) is 5.02 Å². The fourth-order valence-electron chi connectivity index (χ4n) is 1.73. The molecule has 1 heterocycles. The molecule has 2 aromatic carbocycles. The topological polar surface area (TPSA) is 36.1 Å². The number of hydrogen-bond acceptors (Lipinski definition) is 2. The zero-order valence-electron chi connectivity index (χ0n) is 8.18. The van der Waals surface area contributed by atoms with Crippen molar-refractivity contribution in [3.63, 3.8) is 0 Å². The predicted molar refractivity (Wildman–Crippen MR) is 62.1 cm³/mol. The van der Waals surface area contributed by atoms with E-state index >= 15 is 0 Å². The maximum atomic E-state index is 12.1. The van der Waals surface area contributed by atoms with E-state index in [-0.39, 0.29) is 0 Å². The third-order valence-corrected chi connectivity index (χ3v) is 2.76. The Bertz CT molecular complexity index is 749. The predicted octanol–water partition coefficient (Wildman–Crippen LogP) is 3.15. The molecule has 78 valence electrons. The standard InChI is InChI=1S/C12H7ClNO2/c13-8-4-3-7-11-12(8)14(15)9-5-1-2-6-10(9)16-11/h1-7H/q+1. The molecule has 0 unspecified atom stereocenters. The second-order valence-electron chi connectivity index (χ2n) is 3.45. The van der Waals surface area contributed by atoms with Gasteiger partial charge in [-0.15, -0.1) is 0 Å². The third-order valence-electron chi connectivity index (χ3n) is 2.46. The van der Waals surface area contributed by atoms with Crippen molar-refractivity contribution in [2.45, 2.75) is 0 Å². The molecule has 0 fully saturated rings. The largest absolute Gasteiger partial charge is 0.443 e. The molecule has 0 radical (unpaired) electrons. The Morgan fingerprint density at radius 2 is 1.75 bits per heavy atom. The summed E-state index contributed by atoms with van der Waals surface area (Å²) < 4.78 is 6.40. The van der Waals surface area contributed by atoms with Crippen molar-refractivity contribution in [2.24, 2.45) is 0 Å². The summed E-state index contributed by atoms with van der Waals surface area (Å²) in [5.74, 6) is 0. The quantitative estimate of drug-likeness (QED) is 0.441. The van der Waals surface area contributed by atoms with Crippen molar-refractivity contribution < 1.29 is 8.84 Å². The van der Waals surface area contributed by atoms with Crippen molar-refractivity contribution in [2.75, 3.05) is 0 Å². The number of nitrogens with zero attached hydrogens (tertiary/aromatic N) is 1. The van der Waals surface area contributed by atoms with Crippen LogP contribution in [0, 0.1) is 4.91 Å². The second-order valence-corrected chi connectivity index (χ2v) is 3.86. The van der Waals surface area contributed by atoms with Gasteiger partial charge in [0.1, 0.15) is 5.02 Å². The summed E-state index contributed by atoms with van der Waals surface area (Å²) in [5.41, 5.74) is 1.87. The summed E-state index contributed by atoms with van der Waals surface area (Å²) in [5, 5.41) is 0.391. The lowest BCUT2D eigenvalue weighted by atomic mass is 10.3. The van der Waals surface area contributed by atoms with E-state index in [1.165, 1.54) is 0 Å². The first-order valence-corrected chi connectivity index (χ1v) is 5.18. The van der Waals surface area contributed by atoms with Crippen LogP contribution in [0.4, 0.5) is 0 Å². The van der Waals surface area contributed by atoms with Gasteiger partial charge in [0.15, 0.2) is 0 Å². The highest BCUT2D eigenvalue weighted by atomic mass is 35.5. The molecule has 0 N–H and O–H groups in total. The van der Waals surface area contributed by atoms with E-state index in [2.05, 4.69) is 0 Å². The van der Waals surface area contributed by atoms with E-state index in [4.69, 9.17) is 16.0 Å². The highest BCUT2D eigenvalue weighted by molar-refractivity contribution is 6.34. The van der Waals surface area contributed by atoms with Crippen molar-refractivity contribution in [3.8, 4) is 0 Å². The van der Waals surface area contributed by atoms with Crippen LogP contribution in [0.5, 0.6) is 0 Å². The van der Waals surface area contributed by atoms with Crippen LogP contribution in [0.25, 0.3) is 22.2 Å². The Balaban J connectivity index is 2.67. The lowest BCUT2D eigenvalue weighted by Gasteiger charge is -1.94. The van der Waals surface area contributed by atoms with Gasteiger partial charge in [-0.05, 0) is 18.2 Å². The van der Waals surface area contributed by atoms with Gasteiger partial charge in [-0.25, -0.2) is 0 Å². The Kier molecular flexibility index (Phi) is 1.94. The number of hydrogen-bond donors (Lipinski definition) is 0. The second kappa shape index (κ2) is 3.32. The van der Waals surface area contributed by atoms with E-state index < -0.39 is 0 Å². The average molecular weight is 233 g/mol. The highest BCUT2D eigenvalue weighted by Crippen LogP contribution is 2.22. The zero-order valence-corrected chi connectivity index (χ0v) is 8.94. The summed E-state index contributed by atoms with van der Waals surface area (Å²) in [6.45, 7) is 0. The highest BCUT2D eigenvalue weighted by Gasteiger charge is 2.18. The van der Waals surface area contributed by atoms with E-state index in [1.807, 2.05) is 6.07 Å². The molecule has 3 rings (SSSR count). The molecule has 16 heavy (non-hydrogen) atoms. The first-order chi connectivity index (χ1) is 7.77. The molecule has 0 aliphatic rings. The Hall–Kier alpha value is -1.87. The first-order valence-electron chi connectivity index (χ1n) is 4.80. The van der Waals surface area contributed by atoms with Gasteiger partial charge in [-0.3, -0.25) is 0 Å². The molecule has 3 aromatic rings. The van der Waals surface area contributed by atoms with Crippen molar-refractivity contribution in [3.05, 3.63) is 52.4 Å². The van der Waals surface area contributed by atoms with Gasteiger partial charge in [-0.1, -0.05) is 29.8 Å². The van der Waals surface area contributed by atoms with Crippen LogP contribution in [0.1, 0.15) is 0 Å². The van der Waals surface area contributed by atoms with Crippen LogP contribution >= 0.6 is 11.6 Å². The van der Waals surface area contributed by atoms with E-state index in [0.717, 1.165) is 4.43 Å². The van der Waals surface area contributed by atoms with Gasteiger partial charge >= 0.3 is 11.0 Å². The zero-order chi connectivity index (χ0) is 11.1. The maximum absolute atomic E-state index is 12.1. The molecule has 1 aromatic heterocycles. The molecule has 4 heteroatoms. The molecule has 0 saturated carbocycles. The number of aromatic nitrogens is 1. The normalized spacial score (nSPS) is 11.1.